The average Bonchev–Trinajstić information content (AvgIpc) is 2.44. The third-order valence-electron chi connectivity index (χ3n) is 3.26. The van der Waals surface area contributed by atoms with Crippen molar-refractivity contribution >= 4 is 5.78 Å². The van der Waals surface area contributed by atoms with Crippen LogP contribution >= 0.6 is 0 Å². The van der Waals surface area contributed by atoms with Gasteiger partial charge in [0.1, 0.15) is 5.78 Å². The molecule has 2 bridgehead atoms. The normalized spacial score (nSPS) is 44.3. The fourth-order valence-corrected chi connectivity index (χ4v) is 2.74. The summed E-state index contributed by atoms with van der Waals surface area (Å²) in [5.74, 6) is 2.59. The van der Waals surface area contributed by atoms with Gasteiger partial charge in [0.25, 0.3) is 0 Å². The Balaban J connectivity index is 2.08. The van der Waals surface area contributed by atoms with Crippen molar-refractivity contribution in [2.75, 3.05) is 0 Å². The van der Waals surface area contributed by atoms with E-state index >= 15 is 0 Å². The first-order valence-electron chi connectivity index (χ1n) is 4.28. The van der Waals surface area contributed by atoms with E-state index in [1.807, 2.05) is 0 Å². The second-order valence-corrected chi connectivity index (χ2v) is 3.89. The van der Waals surface area contributed by atoms with Crippen molar-refractivity contribution in [2.24, 2.45) is 17.8 Å². The Bertz CT molecular complexity index is 162. The van der Waals surface area contributed by atoms with E-state index in [-0.39, 0.29) is 0 Å². The number of Topliss-reactive ketones (excluding diaryl/α,β-unsaturated/α-hetero) is 1. The van der Waals surface area contributed by atoms with Crippen molar-refractivity contribution < 1.29 is 4.79 Å². The highest BCUT2D eigenvalue weighted by atomic mass is 16.1. The molecule has 2 rings (SSSR count). The Morgan fingerprint density at radius 2 is 2.10 bits per heavy atom. The van der Waals surface area contributed by atoms with E-state index in [1.54, 1.807) is 6.92 Å². The van der Waals surface area contributed by atoms with E-state index in [9.17, 15) is 4.79 Å². The van der Waals surface area contributed by atoms with Crippen LogP contribution in [-0.4, -0.2) is 5.78 Å². The average molecular weight is 138 g/mol. The van der Waals surface area contributed by atoms with Crippen LogP contribution in [0.2, 0.25) is 0 Å². The summed E-state index contributed by atoms with van der Waals surface area (Å²) in [6.45, 7) is 1.76. The lowest BCUT2D eigenvalue weighted by Gasteiger charge is -2.17. The highest BCUT2D eigenvalue weighted by Gasteiger charge is 2.41. The number of rotatable bonds is 1. The lowest BCUT2D eigenvalue weighted by molar-refractivity contribution is -0.122. The molecule has 2 aliphatic carbocycles. The molecule has 0 amide bonds. The van der Waals surface area contributed by atoms with E-state index in [0.29, 0.717) is 11.7 Å². The summed E-state index contributed by atoms with van der Waals surface area (Å²) in [7, 11) is 0. The van der Waals surface area contributed by atoms with Gasteiger partial charge in [-0.05, 0) is 38.0 Å². The van der Waals surface area contributed by atoms with Gasteiger partial charge in [0, 0.05) is 5.92 Å². The smallest absolute Gasteiger partial charge is 0.133 e. The Labute approximate surface area is 61.8 Å². The first kappa shape index (κ1) is 6.38. The van der Waals surface area contributed by atoms with Crippen LogP contribution in [0.1, 0.15) is 32.6 Å². The number of fused-ring (bicyclic) bond motifs is 2. The second kappa shape index (κ2) is 2.08. The maximum Gasteiger partial charge on any atom is 0.133 e. The van der Waals surface area contributed by atoms with Gasteiger partial charge in [0.2, 0.25) is 0 Å². The van der Waals surface area contributed by atoms with Crippen molar-refractivity contribution in [1.29, 1.82) is 0 Å². The van der Waals surface area contributed by atoms with Gasteiger partial charge in [-0.25, -0.2) is 0 Å². The molecule has 2 fully saturated rings. The van der Waals surface area contributed by atoms with Gasteiger partial charge >= 0.3 is 0 Å². The van der Waals surface area contributed by atoms with E-state index in [1.165, 1.54) is 25.7 Å². The van der Waals surface area contributed by atoms with Crippen LogP contribution in [0, 0.1) is 17.8 Å². The molecule has 0 aromatic carbocycles. The molecular formula is C9H14O. The molecule has 2 saturated carbocycles. The third kappa shape index (κ3) is 0.799. The zero-order valence-electron chi connectivity index (χ0n) is 6.47. The maximum atomic E-state index is 11.0. The maximum absolute atomic E-state index is 11.0. The molecule has 2 aliphatic rings. The minimum atomic E-state index is 0.437. The topological polar surface area (TPSA) is 17.1 Å². The lowest BCUT2D eigenvalue weighted by atomic mass is 9.86. The number of hydrogen-bond donors (Lipinski definition) is 0. The molecule has 0 aromatic heterocycles. The van der Waals surface area contributed by atoms with Gasteiger partial charge in [0.05, 0.1) is 0 Å². The molecular weight excluding hydrogens is 124 g/mol. The predicted octanol–water partition coefficient (Wildman–Crippen LogP) is 2.01. The van der Waals surface area contributed by atoms with Crippen molar-refractivity contribution in [2.45, 2.75) is 32.6 Å². The Morgan fingerprint density at radius 1 is 1.30 bits per heavy atom. The molecule has 0 heterocycles. The van der Waals surface area contributed by atoms with E-state index in [4.69, 9.17) is 0 Å². The number of ketones is 1. The summed E-state index contributed by atoms with van der Waals surface area (Å²) >= 11 is 0. The van der Waals surface area contributed by atoms with Crippen molar-refractivity contribution in [1.82, 2.24) is 0 Å². The van der Waals surface area contributed by atoms with Crippen molar-refractivity contribution in [3.05, 3.63) is 0 Å². The molecule has 0 spiro atoms. The van der Waals surface area contributed by atoms with Gasteiger partial charge in [-0.1, -0.05) is 6.42 Å². The molecule has 0 aliphatic heterocycles. The summed E-state index contributed by atoms with van der Waals surface area (Å²) in [6.07, 6.45) is 5.29. The zero-order valence-corrected chi connectivity index (χ0v) is 6.47. The van der Waals surface area contributed by atoms with Crippen molar-refractivity contribution in [3.8, 4) is 0 Å². The van der Waals surface area contributed by atoms with E-state index in [0.717, 1.165) is 11.8 Å². The first-order chi connectivity index (χ1) is 4.77. The molecule has 0 unspecified atom stereocenters. The van der Waals surface area contributed by atoms with Crippen LogP contribution < -0.4 is 0 Å². The zero-order chi connectivity index (χ0) is 7.14. The summed E-state index contributed by atoms with van der Waals surface area (Å²) in [5.41, 5.74) is 0. The molecule has 10 heavy (non-hydrogen) atoms. The fraction of sp³-hybridized carbons (Fsp3) is 0.889. The van der Waals surface area contributed by atoms with Gasteiger partial charge in [-0.15, -0.1) is 0 Å². The third-order valence-corrected chi connectivity index (χ3v) is 3.26. The summed E-state index contributed by atoms with van der Waals surface area (Å²) < 4.78 is 0. The Kier molecular flexibility index (Phi) is 1.33. The first-order valence-corrected chi connectivity index (χ1v) is 4.28. The van der Waals surface area contributed by atoms with Crippen molar-refractivity contribution in [3.63, 3.8) is 0 Å². The molecule has 3 atom stereocenters. The minimum Gasteiger partial charge on any atom is -0.300 e. The monoisotopic (exact) mass is 138 g/mol. The summed E-state index contributed by atoms with van der Waals surface area (Å²) in [5, 5.41) is 0. The minimum absolute atomic E-state index is 0.437. The molecule has 1 nitrogen and oxygen atoms in total. The van der Waals surface area contributed by atoms with Gasteiger partial charge in [0.15, 0.2) is 0 Å². The Morgan fingerprint density at radius 3 is 2.40 bits per heavy atom. The van der Waals surface area contributed by atoms with Crippen LogP contribution in [0.25, 0.3) is 0 Å². The van der Waals surface area contributed by atoms with Gasteiger partial charge in [-0.2, -0.15) is 0 Å². The SMILES string of the molecule is CC(=O)[C@H]1C[C@@H]2CC[C@H]1C2. The summed E-state index contributed by atoms with van der Waals surface area (Å²) in [4.78, 5) is 11.0. The van der Waals surface area contributed by atoms with Crippen LogP contribution in [0.15, 0.2) is 0 Å². The number of hydrogen-bond acceptors (Lipinski definition) is 1. The highest BCUT2D eigenvalue weighted by Crippen LogP contribution is 2.48. The molecule has 1 heteroatoms. The van der Waals surface area contributed by atoms with Crippen LogP contribution in [0.4, 0.5) is 0 Å². The molecule has 56 valence electrons. The van der Waals surface area contributed by atoms with Crippen LogP contribution in [0.3, 0.4) is 0 Å². The molecule has 0 saturated heterocycles. The number of carbonyl (C=O) groups is 1. The molecule has 0 aromatic rings. The number of carbonyl (C=O) groups excluding carboxylic acids is 1. The highest BCUT2D eigenvalue weighted by molar-refractivity contribution is 5.79. The lowest BCUT2D eigenvalue weighted by Crippen LogP contribution is -2.17. The second-order valence-electron chi connectivity index (χ2n) is 3.89. The standard InChI is InChI=1S/C9H14O/c1-6(10)9-5-7-2-3-8(9)4-7/h7-9H,2-5H2,1H3/t7-,8+,9-/m1/s1. The quantitative estimate of drug-likeness (QED) is 0.541. The van der Waals surface area contributed by atoms with Gasteiger partial charge < -0.3 is 0 Å². The summed E-state index contributed by atoms with van der Waals surface area (Å²) in [6, 6.07) is 0. The fourth-order valence-electron chi connectivity index (χ4n) is 2.74. The Hall–Kier alpha value is -0.330. The van der Waals surface area contributed by atoms with Crippen LogP contribution in [0.5, 0.6) is 0 Å². The predicted molar refractivity (Wildman–Crippen MR) is 39.6 cm³/mol. The van der Waals surface area contributed by atoms with E-state index < -0.39 is 0 Å². The molecule has 0 N–H and O–H groups in total. The van der Waals surface area contributed by atoms with Gasteiger partial charge in [-0.3, -0.25) is 4.79 Å². The van der Waals surface area contributed by atoms with Crippen LogP contribution in [-0.2, 0) is 4.79 Å². The molecule has 0 radical (unpaired) electrons. The van der Waals surface area contributed by atoms with E-state index in [2.05, 4.69) is 0 Å². The largest absolute Gasteiger partial charge is 0.300 e.